The van der Waals surface area contributed by atoms with E-state index in [1.807, 2.05) is 0 Å². The summed E-state index contributed by atoms with van der Waals surface area (Å²) in [5.41, 5.74) is 1.48. The molecule has 1 atom stereocenters. The number of carbonyl (C=O) groups excluding carboxylic acids is 2. The number of nitrogens with zero attached hydrogens (tertiary/aromatic N) is 5. The number of rotatable bonds is 5. The molecule has 186 valence electrons. The summed E-state index contributed by atoms with van der Waals surface area (Å²) in [4.78, 5) is 39.7. The van der Waals surface area contributed by atoms with Crippen LogP contribution in [-0.2, 0) is 11.2 Å². The molecule has 0 saturated heterocycles. The molecule has 2 N–H and O–H groups in total. The number of likely N-dealkylation sites (N-methyl/N-ethyl adjacent to an activating group) is 1. The predicted octanol–water partition coefficient (Wildman–Crippen LogP) is 2.28. The van der Waals surface area contributed by atoms with Crippen LogP contribution in [0.4, 0.5) is 10.1 Å². The van der Waals surface area contributed by atoms with Gasteiger partial charge in [0.1, 0.15) is 36.4 Å². The molecule has 12 heteroatoms. The molecule has 1 aliphatic rings. The van der Waals surface area contributed by atoms with Crippen molar-refractivity contribution >= 4 is 28.4 Å². The zero-order chi connectivity index (χ0) is 24.5. The van der Waals surface area contributed by atoms with Gasteiger partial charge in [0.05, 0.1) is 23.7 Å². The van der Waals surface area contributed by atoms with Gasteiger partial charge in [0, 0.05) is 19.5 Å². The first kappa shape index (κ1) is 24.5. The van der Waals surface area contributed by atoms with E-state index in [0.29, 0.717) is 39.6 Å². The molecule has 1 aliphatic heterocycles. The van der Waals surface area contributed by atoms with Crippen LogP contribution in [0.3, 0.4) is 0 Å². The molecule has 0 saturated carbocycles. The molecule has 0 spiro atoms. The van der Waals surface area contributed by atoms with E-state index in [4.69, 9.17) is 9.47 Å². The number of nitrogens with one attached hydrogen (secondary N) is 2. The Morgan fingerprint density at radius 3 is 2.89 bits per heavy atom. The number of anilines is 1. The smallest absolute Gasteiger partial charge is 0.291 e. The molecule has 36 heavy (non-hydrogen) atoms. The Labute approximate surface area is 205 Å². The quantitative estimate of drug-likeness (QED) is 0.432. The van der Waals surface area contributed by atoms with Gasteiger partial charge in [-0.25, -0.2) is 19.3 Å². The second-order valence-corrected chi connectivity index (χ2v) is 7.83. The molecular weight excluding hydrogens is 469 g/mol. The van der Waals surface area contributed by atoms with E-state index in [9.17, 15) is 14.0 Å². The molecule has 0 aliphatic carbocycles. The molecule has 2 amide bonds. The first-order valence-corrected chi connectivity index (χ1v) is 10.6. The number of halogens is 1. The maximum absolute atomic E-state index is 13.9. The summed E-state index contributed by atoms with van der Waals surface area (Å²) in [6, 6.07) is 8.66. The Balaban J connectivity index is 0.00000304. The minimum Gasteiger partial charge on any atom is -0.489 e. The van der Waals surface area contributed by atoms with Crippen molar-refractivity contribution in [1.29, 1.82) is 0 Å². The Bertz CT molecular complexity index is 1440. The van der Waals surface area contributed by atoms with Gasteiger partial charge < -0.3 is 19.7 Å². The third-order valence-corrected chi connectivity index (χ3v) is 5.62. The number of amides is 2. The van der Waals surface area contributed by atoms with E-state index in [2.05, 4.69) is 30.5 Å². The largest absolute Gasteiger partial charge is 0.489 e. The highest BCUT2D eigenvalue weighted by Gasteiger charge is 2.32. The number of hydrogen-bond donors (Lipinski definition) is 2. The molecule has 0 bridgehead atoms. The van der Waals surface area contributed by atoms with Gasteiger partial charge in [-0.15, -0.1) is 5.10 Å². The number of carbonyl (C=O) groups is 2. The molecule has 11 nitrogen and oxygen atoms in total. The number of H-pyrrole nitrogens is 1. The van der Waals surface area contributed by atoms with Crippen molar-refractivity contribution in [3.8, 4) is 11.6 Å². The molecular formula is C24H24FN7O4. The Morgan fingerprint density at radius 2 is 2.11 bits per heavy atom. The zero-order valence-electron chi connectivity index (χ0n) is 18.8. The van der Waals surface area contributed by atoms with Gasteiger partial charge in [-0.3, -0.25) is 14.7 Å². The van der Waals surface area contributed by atoms with Gasteiger partial charge in [0.15, 0.2) is 0 Å². The Kier molecular flexibility index (Phi) is 6.77. The number of hydrogen-bond acceptors (Lipinski definition) is 8. The fraction of sp³-hybridized carbons (Fsp3) is 0.250. The second-order valence-electron chi connectivity index (χ2n) is 7.83. The summed E-state index contributed by atoms with van der Waals surface area (Å²) >= 11 is 0. The maximum Gasteiger partial charge on any atom is 0.291 e. The van der Waals surface area contributed by atoms with Gasteiger partial charge in [0.2, 0.25) is 11.7 Å². The van der Waals surface area contributed by atoms with E-state index in [-0.39, 0.29) is 32.1 Å². The van der Waals surface area contributed by atoms with Crippen molar-refractivity contribution in [1.82, 2.24) is 30.5 Å². The highest BCUT2D eigenvalue weighted by molar-refractivity contribution is 6.04. The van der Waals surface area contributed by atoms with Gasteiger partial charge in [-0.1, -0.05) is 25.6 Å². The molecule has 3 heterocycles. The maximum atomic E-state index is 13.9. The van der Waals surface area contributed by atoms with Crippen molar-refractivity contribution in [2.24, 2.45) is 0 Å². The lowest BCUT2D eigenvalue weighted by Crippen LogP contribution is -2.49. The van der Waals surface area contributed by atoms with Crippen LogP contribution in [0.5, 0.6) is 11.6 Å². The number of ether oxygens (including phenoxy) is 2. The number of fused-ring (bicyclic) bond motifs is 2. The normalized spacial score (nSPS) is 14.9. The third kappa shape index (κ3) is 4.52. The monoisotopic (exact) mass is 493 g/mol. The van der Waals surface area contributed by atoms with Crippen molar-refractivity contribution in [2.45, 2.75) is 19.9 Å². The number of aromatic amines is 1. The van der Waals surface area contributed by atoms with E-state index >= 15 is 0 Å². The van der Waals surface area contributed by atoms with Crippen LogP contribution in [-0.4, -0.2) is 63.8 Å². The lowest BCUT2D eigenvalue weighted by atomic mass is 10.1. The average Bonchev–Trinajstić information content (AvgIpc) is 3.30. The molecule has 2 aromatic heterocycles. The first-order chi connectivity index (χ1) is 16.9. The van der Waals surface area contributed by atoms with Crippen molar-refractivity contribution in [3.63, 3.8) is 0 Å². The standard InChI is InChI=1S/C23H20FN7O4.CH4/c1-31-17-8-13-15(25-11-26-22(13)34-2)9-18(17)35-10-16(23(31)33)27-21(32)20-28-19(29-30-20)7-12-5-3-4-6-14(12)24;/h3-6,8-9,11,16H,7,10H2,1-2H3,(H,27,32)(H,28,29,30);1H4/t16-;/m0./s1. The summed E-state index contributed by atoms with van der Waals surface area (Å²) < 4.78 is 25.0. The van der Waals surface area contributed by atoms with E-state index in [1.54, 1.807) is 37.4 Å². The van der Waals surface area contributed by atoms with Crippen LogP contribution >= 0.6 is 0 Å². The Hall–Kier alpha value is -4.61. The number of aromatic nitrogens is 5. The van der Waals surface area contributed by atoms with Gasteiger partial charge in [0.25, 0.3) is 11.8 Å². The van der Waals surface area contributed by atoms with Gasteiger partial charge in [-0.05, 0) is 17.7 Å². The van der Waals surface area contributed by atoms with Crippen LogP contribution in [0.1, 0.15) is 29.4 Å². The molecule has 0 radical (unpaired) electrons. The van der Waals surface area contributed by atoms with E-state index < -0.39 is 17.9 Å². The predicted molar refractivity (Wildman–Crippen MR) is 129 cm³/mol. The zero-order valence-corrected chi connectivity index (χ0v) is 18.8. The second kappa shape index (κ2) is 9.94. The van der Waals surface area contributed by atoms with Crippen molar-refractivity contribution < 1.29 is 23.5 Å². The average molecular weight is 493 g/mol. The van der Waals surface area contributed by atoms with Crippen LogP contribution in [0.25, 0.3) is 10.9 Å². The van der Waals surface area contributed by atoms with Crippen molar-refractivity contribution in [2.75, 3.05) is 25.7 Å². The van der Waals surface area contributed by atoms with Crippen molar-refractivity contribution in [3.05, 3.63) is 65.8 Å². The molecule has 0 unspecified atom stereocenters. The molecule has 4 aromatic rings. The summed E-state index contributed by atoms with van der Waals surface area (Å²) in [6.45, 7) is -0.109. The minimum absolute atomic E-state index is 0. The Morgan fingerprint density at radius 1 is 1.31 bits per heavy atom. The first-order valence-electron chi connectivity index (χ1n) is 10.6. The summed E-state index contributed by atoms with van der Waals surface area (Å²) in [5, 5.41) is 9.77. The topological polar surface area (TPSA) is 135 Å². The third-order valence-electron chi connectivity index (χ3n) is 5.62. The van der Waals surface area contributed by atoms with Crippen LogP contribution in [0.2, 0.25) is 0 Å². The molecule has 5 rings (SSSR count). The highest BCUT2D eigenvalue weighted by Crippen LogP contribution is 2.36. The summed E-state index contributed by atoms with van der Waals surface area (Å²) in [6.07, 6.45) is 1.51. The SMILES string of the molecule is C.COc1ncnc2cc3c(cc12)N(C)C(=O)[C@@H](NC(=O)c1n[nH]c(Cc2ccccc2F)n1)CO3. The number of benzene rings is 2. The van der Waals surface area contributed by atoms with Gasteiger partial charge >= 0.3 is 0 Å². The highest BCUT2D eigenvalue weighted by atomic mass is 19.1. The molecule has 0 fully saturated rings. The van der Waals surface area contributed by atoms with Crippen LogP contribution in [0.15, 0.2) is 42.7 Å². The lowest BCUT2D eigenvalue weighted by molar-refractivity contribution is -0.120. The summed E-state index contributed by atoms with van der Waals surface area (Å²) in [5.74, 6) is -0.502. The minimum atomic E-state index is -0.996. The van der Waals surface area contributed by atoms with E-state index in [0.717, 1.165) is 0 Å². The van der Waals surface area contributed by atoms with Crippen LogP contribution < -0.4 is 19.7 Å². The fourth-order valence-electron chi connectivity index (χ4n) is 3.81. The summed E-state index contributed by atoms with van der Waals surface area (Å²) in [7, 11) is 3.08. The number of methoxy groups -OCH3 is 1. The van der Waals surface area contributed by atoms with Crippen LogP contribution in [0, 0.1) is 5.82 Å². The van der Waals surface area contributed by atoms with Gasteiger partial charge in [-0.2, -0.15) is 0 Å². The fourth-order valence-corrected chi connectivity index (χ4v) is 3.81. The lowest BCUT2D eigenvalue weighted by Gasteiger charge is -2.20. The molecule has 2 aromatic carbocycles. The van der Waals surface area contributed by atoms with E-state index in [1.165, 1.54) is 24.4 Å².